The molecule has 1 unspecified atom stereocenters. The quantitative estimate of drug-likeness (QED) is 0.414. The average molecular weight is 400 g/mol. The molecular formula is C17H26ClN5O2S. The molecule has 0 spiro atoms. The summed E-state index contributed by atoms with van der Waals surface area (Å²) in [5.41, 5.74) is 0. The molecule has 144 valence electrons. The fraction of sp³-hybridized carbons (Fsp3) is 0.647. The molecule has 2 heterocycles. The monoisotopic (exact) mass is 399 g/mol. The minimum absolute atomic E-state index is 0.0637. The molecule has 7 nitrogen and oxygen atoms in total. The van der Waals surface area contributed by atoms with Crippen LogP contribution in [0.5, 0.6) is 0 Å². The minimum atomic E-state index is 0.0637. The number of nitrogens with zero attached hydrogens (tertiary/aromatic N) is 5. The van der Waals surface area contributed by atoms with Crippen LogP contribution in [0.25, 0.3) is 0 Å². The number of hydrogen-bond donors (Lipinski definition) is 0. The lowest BCUT2D eigenvalue weighted by atomic mass is 10.2. The number of anilines is 1. The van der Waals surface area contributed by atoms with Crippen molar-refractivity contribution in [2.24, 2.45) is 0 Å². The number of aromatic nitrogens is 2. The third-order valence-corrected chi connectivity index (χ3v) is 5.48. The lowest BCUT2D eigenvalue weighted by Gasteiger charge is -2.40. The molecule has 0 N–H and O–H groups in total. The molecule has 0 aliphatic carbocycles. The Hall–Kier alpha value is -1.54. The minimum Gasteiger partial charge on any atom is -0.353 e. The van der Waals surface area contributed by atoms with Crippen LogP contribution in [0.15, 0.2) is 11.2 Å². The second-order valence-corrected chi connectivity index (χ2v) is 7.52. The van der Waals surface area contributed by atoms with Crippen molar-refractivity contribution in [1.29, 1.82) is 0 Å². The van der Waals surface area contributed by atoms with E-state index >= 15 is 0 Å². The summed E-state index contributed by atoms with van der Waals surface area (Å²) in [4.78, 5) is 38.3. The van der Waals surface area contributed by atoms with Crippen molar-refractivity contribution < 1.29 is 9.59 Å². The van der Waals surface area contributed by atoms with Gasteiger partial charge in [-0.15, -0.1) is 0 Å². The van der Waals surface area contributed by atoms with Gasteiger partial charge in [0, 0.05) is 51.8 Å². The summed E-state index contributed by atoms with van der Waals surface area (Å²) in [7, 11) is 0. The van der Waals surface area contributed by atoms with E-state index in [0.717, 1.165) is 5.82 Å². The van der Waals surface area contributed by atoms with Gasteiger partial charge >= 0.3 is 0 Å². The zero-order valence-corrected chi connectivity index (χ0v) is 17.3. The predicted octanol–water partition coefficient (Wildman–Crippen LogP) is 2.15. The first kappa shape index (κ1) is 20.8. The van der Waals surface area contributed by atoms with E-state index in [-0.39, 0.29) is 23.6 Å². The third kappa shape index (κ3) is 5.23. The van der Waals surface area contributed by atoms with Crippen molar-refractivity contribution in [3.05, 3.63) is 11.2 Å². The maximum Gasteiger partial charge on any atom is 0.233 e. The first-order valence-electron chi connectivity index (χ1n) is 8.83. The van der Waals surface area contributed by atoms with Gasteiger partial charge in [0.1, 0.15) is 11.0 Å². The second kappa shape index (κ2) is 9.41. The Morgan fingerprint density at radius 2 is 2.00 bits per heavy atom. The van der Waals surface area contributed by atoms with Crippen molar-refractivity contribution >= 4 is 41.0 Å². The Labute approximate surface area is 164 Å². The summed E-state index contributed by atoms with van der Waals surface area (Å²) in [6, 6.07) is 1.84. The Morgan fingerprint density at radius 3 is 2.58 bits per heavy atom. The largest absolute Gasteiger partial charge is 0.353 e. The van der Waals surface area contributed by atoms with Crippen molar-refractivity contribution in [2.45, 2.75) is 38.9 Å². The van der Waals surface area contributed by atoms with Crippen LogP contribution in [-0.2, 0) is 9.59 Å². The Morgan fingerprint density at radius 1 is 1.31 bits per heavy atom. The molecule has 1 aromatic rings. The van der Waals surface area contributed by atoms with Gasteiger partial charge in [-0.3, -0.25) is 9.59 Å². The van der Waals surface area contributed by atoms with Crippen LogP contribution >= 0.6 is 23.4 Å². The summed E-state index contributed by atoms with van der Waals surface area (Å²) >= 11 is 7.46. The fourth-order valence-corrected chi connectivity index (χ4v) is 4.02. The van der Waals surface area contributed by atoms with Crippen molar-refractivity contribution in [2.75, 3.05) is 43.4 Å². The molecule has 1 aromatic heterocycles. The standard InChI is InChI=1S/C17H26ClN5O2S/c1-5-21(6-2)16(25)11-26-17-19-14(18)9-15(20-17)22-7-8-23(13(4)24)12(3)10-22/h9,12H,5-8,10-11H2,1-4H3. The highest BCUT2D eigenvalue weighted by Gasteiger charge is 2.26. The molecule has 26 heavy (non-hydrogen) atoms. The van der Waals surface area contributed by atoms with Gasteiger partial charge in [-0.2, -0.15) is 0 Å². The van der Waals surface area contributed by atoms with Gasteiger partial charge < -0.3 is 14.7 Å². The molecule has 1 aliphatic heterocycles. The van der Waals surface area contributed by atoms with Crippen molar-refractivity contribution in [3.8, 4) is 0 Å². The van der Waals surface area contributed by atoms with Gasteiger partial charge in [0.2, 0.25) is 11.8 Å². The molecular weight excluding hydrogens is 374 g/mol. The van der Waals surface area contributed by atoms with Gasteiger partial charge in [-0.1, -0.05) is 23.4 Å². The summed E-state index contributed by atoms with van der Waals surface area (Å²) in [6.07, 6.45) is 0. The summed E-state index contributed by atoms with van der Waals surface area (Å²) < 4.78 is 0. The number of rotatable bonds is 6. The highest BCUT2D eigenvalue weighted by atomic mass is 35.5. The van der Waals surface area contributed by atoms with Gasteiger partial charge in [0.25, 0.3) is 0 Å². The van der Waals surface area contributed by atoms with Gasteiger partial charge in [-0.25, -0.2) is 9.97 Å². The van der Waals surface area contributed by atoms with E-state index in [4.69, 9.17) is 11.6 Å². The van der Waals surface area contributed by atoms with E-state index in [9.17, 15) is 9.59 Å². The molecule has 0 aromatic carbocycles. The number of carbonyl (C=O) groups excluding carboxylic acids is 2. The summed E-state index contributed by atoms with van der Waals surface area (Å²) in [6.45, 7) is 11.0. The molecule has 0 radical (unpaired) electrons. The molecule has 1 atom stereocenters. The average Bonchev–Trinajstić information content (AvgIpc) is 2.60. The number of carbonyl (C=O) groups is 2. The molecule has 1 fully saturated rings. The van der Waals surface area contributed by atoms with Crippen LogP contribution in [0.2, 0.25) is 5.15 Å². The summed E-state index contributed by atoms with van der Waals surface area (Å²) in [5, 5.41) is 0.851. The van der Waals surface area contributed by atoms with E-state index < -0.39 is 0 Å². The SMILES string of the molecule is CCN(CC)C(=O)CSc1nc(Cl)cc(N2CCN(C(C)=O)C(C)C2)n1. The zero-order chi connectivity index (χ0) is 19.3. The van der Waals surface area contributed by atoms with Crippen LogP contribution in [0.3, 0.4) is 0 Å². The summed E-state index contributed by atoms with van der Waals surface area (Å²) in [5.74, 6) is 1.17. The first-order valence-corrected chi connectivity index (χ1v) is 10.2. The number of hydrogen-bond acceptors (Lipinski definition) is 6. The van der Waals surface area contributed by atoms with Crippen LogP contribution in [0, 0.1) is 0 Å². The van der Waals surface area contributed by atoms with E-state index in [1.807, 2.05) is 25.7 Å². The fourth-order valence-electron chi connectivity index (χ4n) is 3.04. The predicted molar refractivity (Wildman–Crippen MR) is 105 cm³/mol. The van der Waals surface area contributed by atoms with Crippen LogP contribution < -0.4 is 4.90 Å². The van der Waals surface area contributed by atoms with Gasteiger partial charge in [0.05, 0.1) is 5.75 Å². The third-order valence-electron chi connectivity index (χ3n) is 4.46. The molecule has 0 saturated carbocycles. The Kier molecular flexibility index (Phi) is 7.52. The van der Waals surface area contributed by atoms with Gasteiger partial charge in [0.15, 0.2) is 5.16 Å². The van der Waals surface area contributed by atoms with E-state index in [1.54, 1.807) is 17.9 Å². The zero-order valence-electron chi connectivity index (χ0n) is 15.7. The number of thioether (sulfide) groups is 1. The molecule has 1 aliphatic rings. The van der Waals surface area contributed by atoms with Crippen molar-refractivity contribution in [3.63, 3.8) is 0 Å². The topological polar surface area (TPSA) is 69.6 Å². The number of piperazine rings is 1. The van der Waals surface area contributed by atoms with Crippen LogP contribution in [0.1, 0.15) is 27.7 Å². The molecule has 0 bridgehead atoms. The second-order valence-electron chi connectivity index (χ2n) is 6.19. The maximum atomic E-state index is 12.2. The highest BCUT2D eigenvalue weighted by Crippen LogP contribution is 2.24. The van der Waals surface area contributed by atoms with E-state index in [2.05, 4.69) is 14.9 Å². The normalized spacial score (nSPS) is 17.3. The lowest BCUT2D eigenvalue weighted by Crippen LogP contribution is -2.53. The number of amides is 2. The highest BCUT2D eigenvalue weighted by molar-refractivity contribution is 7.99. The van der Waals surface area contributed by atoms with Crippen LogP contribution in [0.4, 0.5) is 5.82 Å². The Bertz CT molecular complexity index is 656. The van der Waals surface area contributed by atoms with Gasteiger partial charge in [-0.05, 0) is 20.8 Å². The smallest absolute Gasteiger partial charge is 0.233 e. The molecule has 2 rings (SSSR count). The molecule has 2 amide bonds. The van der Waals surface area contributed by atoms with Crippen LogP contribution in [-0.4, -0.2) is 76.1 Å². The molecule has 1 saturated heterocycles. The van der Waals surface area contributed by atoms with Crippen molar-refractivity contribution in [1.82, 2.24) is 19.8 Å². The molecule has 9 heteroatoms. The van der Waals surface area contributed by atoms with E-state index in [0.29, 0.717) is 43.0 Å². The Balaban J connectivity index is 2.05. The first-order chi connectivity index (χ1) is 12.3. The maximum absolute atomic E-state index is 12.2. The number of halogens is 1. The lowest BCUT2D eigenvalue weighted by molar-refractivity contribution is -0.131. The van der Waals surface area contributed by atoms with E-state index in [1.165, 1.54) is 11.8 Å².